The normalized spacial score (nSPS) is 11.1. The minimum Gasteiger partial charge on any atom is -0.392 e. The molecule has 4 aromatic heterocycles. The molecule has 30 heavy (non-hydrogen) atoms. The van der Waals surface area contributed by atoms with Crippen molar-refractivity contribution in [2.45, 2.75) is 6.61 Å². The van der Waals surface area contributed by atoms with Crippen molar-refractivity contribution in [3.63, 3.8) is 0 Å². The van der Waals surface area contributed by atoms with Gasteiger partial charge in [0.1, 0.15) is 11.3 Å². The summed E-state index contributed by atoms with van der Waals surface area (Å²) < 4.78 is 1.97. The molecule has 1 aromatic carbocycles. The summed E-state index contributed by atoms with van der Waals surface area (Å²) in [5.41, 5.74) is 11.8. The van der Waals surface area contributed by atoms with E-state index in [4.69, 9.17) is 15.7 Å². The van der Waals surface area contributed by atoms with E-state index in [0.717, 1.165) is 33.6 Å². The highest BCUT2D eigenvalue weighted by atomic mass is 16.3. The van der Waals surface area contributed by atoms with E-state index in [1.807, 2.05) is 65.2 Å². The third-order valence-electron chi connectivity index (χ3n) is 4.94. The van der Waals surface area contributed by atoms with Crippen LogP contribution in [0, 0.1) is 0 Å². The number of aliphatic hydroxyl groups excluding tert-OH is 1. The summed E-state index contributed by atoms with van der Waals surface area (Å²) in [5, 5.41) is 9.40. The Morgan fingerprint density at radius 2 is 1.67 bits per heavy atom. The number of imidazole rings is 1. The number of fused-ring (bicyclic) bond motifs is 1. The quantitative estimate of drug-likeness (QED) is 0.483. The van der Waals surface area contributed by atoms with E-state index >= 15 is 0 Å². The number of aliphatic hydroxyl groups is 1. The first-order valence-corrected chi connectivity index (χ1v) is 9.45. The van der Waals surface area contributed by atoms with E-state index in [1.165, 1.54) is 0 Å². The van der Waals surface area contributed by atoms with Crippen LogP contribution in [0.25, 0.3) is 39.5 Å². The average Bonchev–Trinajstić information content (AvgIpc) is 3.18. The van der Waals surface area contributed by atoms with Crippen LogP contribution in [-0.2, 0) is 6.61 Å². The second kappa shape index (κ2) is 7.38. The summed E-state index contributed by atoms with van der Waals surface area (Å²) in [6, 6.07) is 19.1. The Morgan fingerprint density at radius 3 is 2.40 bits per heavy atom. The van der Waals surface area contributed by atoms with Crippen molar-refractivity contribution < 1.29 is 5.11 Å². The Labute approximate surface area is 172 Å². The van der Waals surface area contributed by atoms with Gasteiger partial charge in [-0.2, -0.15) is 0 Å². The molecule has 0 fully saturated rings. The SMILES string of the molecule is Nc1ncccc1-c1nc2ccc(-c3ccncc3)nc2n1-c1ccc(CO)cc1. The minimum atomic E-state index is -0.0161. The fraction of sp³-hybridized carbons (Fsp3) is 0.0435. The first kappa shape index (κ1) is 18.0. The number of nitrogens with two attached hydrogens (primary N) is 1. The molecule has 0 aliphatic rings. The van der Waals surface area contributed by atoms with Gasteiger partial charge < -0.3 is 10.8 Å². The van der Waals surface area contributed by atoms with Crippen LogP contribution < -0.4 is 5.73 Å². The van der Waals surface area contributed by atoms with Crippen molar-refractivity contribution in [1.29, 1.82) is 0 Å². The number of rotatable bonds is 4. The number of aromatic nitrogens is 5. The van der Waals surface area contributed by atoms with Crippen molar-refractivity contribution >= 4 is 17.0 Å². The zero-order valence-corrected chi connectivity index (χ0v) is 16.0. The lowest BCUT2D eigenvalue weighted by Gasteiger charge is -2.11. The topological polar surface area (TPSA) is 103 Å². The highest BCUT2D eigenvalue weighted by Crippen LogP contribution is 2.31. The molecular formula is C23H18N6O. The number of anilines is 1. The van der Waals surface area contributed by atoms with E-state index in [9.17, 15) is 5.11 Å². The lowest BCUT2D eigenvalue weighted by atomic mass is 10.2. The molecule has 0 unspecified atom stereocenters. The molecule has 0 spiro atoms. The molecule has 0 bridgehead atoms. The van der Waals surface area contributed by atoms with Gasteiger partial charge in [-0.25, -0.2) is 15.0 Å². The van der Waals surface area contributed by atoms with Crippen LogP contribution in [0.15, 0.2) is 79.3 Å². The van der Waals surface area contributed by atoms with Crippen LogP contribution >= 0.6 is 0 Å². The van der Waals surface area contributed by atoms with E-state index in [-0.39, 0.29) is 6.61 Å². The standard InChI is InChI=1S/C23H18N6O/c24-21-18(2-1-11-26-21)22-28-20-8-7-19(16-9-12-25-13-10-16)27-23(20)29(22)17-5-3-15(14-30)4-6-17/h1-13,30H,14H2,(H2,24,26). The van der Waals surface area contributed by atoms with Gasteiger partial charge in [-0.1, -0.05) is 12.1 Å². The Hall–Kier alpha value is -4.10. The molecule has 0 amide bonds. The molecule has 5 aromatic rings. The average molecular weight is 394 g/mol. The maximum absolute atomic E-state index is 9.40. The summed E-state index contributed by atoms with van der Waals surface area (Å²) in [6.45, 7) is -0.0161. The number of benzene rings is 1. The maximum Gasteiger partial charge on any atom is 0.165 e. The fourth-order valence-electron chi connectivity index (χ4n) is 3.42. The molecule has 0 aliphatic carbocycles. The predicted molar refractivity (Wildman–Crippen MR) is 116 cm³/mol. The maximum atomic E-state index is 9.40. The van der Waals surface area contributed by atoms with Crippen molar-refractivity contribution in [2.75, 3.05) is 5.73 Å². The molecule has 0 saturated heterocycles. The lowest BCUT2D eigenvalue weighted by molar-refractivity contribution is 0.282. The molecular weight excluding hydrogens is 376 g/mol. The van der Waals surface area contributed by atoms with E-state index in [2.05, 4.69) is 9.97 Å². The largest absolute Gasteiger partial charge is 0.392 e. The highest BCUT2D eigenvalue weighted by Gasteiger charge is 2.18. The fourth-order valence-corrected chi connectivity index (χ4v) is 3.42. The van der Waals surface area contributed by atoms with Crippen LogP contribution in [0.1, 0.15) is 5.56 Å². The summed E-state index contributed by atoms with van der Waals surface area (Å²) in [4.78, 5) is 18.0. The van der Waals surface area contributed by atoms with Gasteiger partial charge in [0.25, 0.3) is 0 Å². The Balaban J connectivity index is 1.79. The lowest BCUT2D eigenvalue weighted by Crippen LogP contribution is -2.02. The molecule has 5 rings (SSSR count). The molecule has 0 radical (unpaired) electrons. The highest BCUT2D eigenvalue weighted by molar-refractivity contribution is 5.84. The number of nitrogen functional groups attached to an aromatic ring is 1. The van der Waals surface area contributed by atoms with Crippen LogP contribution in [0.4, 0.5) is 5.82 Å². The molecule has 146 valence electrons. The molecule has 0 aliphatic heterocycles. The van der Waals surface area contributed by atoms with Crippen molar-refractivity contribution in [3.05, 3.63) is 84.8 Å². The van der Waals surface area contributed by atoms with Gasteiger partial charge in [0, 0.05) is 29.8 Å². The minimum absolute atomic E-state index is 0.0161. The second-order valence-electron chi connectivity index (χ2n) is 6.81. The Bertz CT molecular complexity index is 1330. The van der Waals surface area contributed by atoms with E-state index in [1.54, 1.807) is 18.6 Å². The third-order valence-corrected chi connectivity index (χ3v) is 4.94. The zero-order chi connectivity index (χ0) is 20.5. The zero-order valence-electron chi connectivity index (χ0n) is 16.0. The Morgan fingerprint density at radius 1 is 0.867 bits per heavy atom. The number of hydrogen-bond acceptors (Lipinski definition) is 6. The molecule has 0 saturated carbocycles. The van der Waals surface area contributed by atoms with Crippen LogP contribution in [0.5, 0.6) is 0 Å². The summed E-state index contributed by atoms with van der Waals surface area (Å²) in [5.74, 6) is 1.06. The summed E-state index contributed by atoms with van der Waals surface area (Å²) >= 11 is 0. The number of hydrogen-bond donors (Lipinski definition) is 2. The summed E-state index contributed by atoms with van der Waals surface area (Å²) in [6.07, 6.45) is 5.14. The third kappa shape index (κ3) is 3.07. The van der Waals surface area contributed by atoms with Crippen molar-refractivity contribution in [2.24, 2.45) is 0 Å². The van der Waals surface area contributed by atoms with Gasteiger partial charge in [0.05, 0.1) is 17.9 Å². The van der Waals surface area contributed by atoms with Gasteiger partial charge in [0.2, 0.25) is 0 Å². The molecule has 7 heteroatoms. The van der Waals surface area contributed by atoms with Gasteiger partial charge in [-0.3, -0.25) is 9.55 Å². The van der Waals surface area contributed by atoms with Crippen molar-refractivity contribution in [1.82, 2.24) is 24.5 Å². The number of pyridine rings is 3. The van der Waals surface area contributed by atoms with E-state index < -0.39 is 0 Å². The molecule has 0 atom stereocenters. The predicted octanol–water partition coefficient (Wildman–Crippen LogP) is 3.62. The van der Waals surface area contributed by atoms with Crippen LogP contribution in [-0.4, -0.2) is 29.6 Å². The number of nitrogens with zero attached hydrogens (tertiary/aromatic N) is 5. The second-order valence-corrected chi connectivity index (χ2v) is 6.81. The van der Waals surface area contributed by atoms with Gasteiger partial charge in [-0.15, -0.1) is 0 Å². The first-order chi connectivity index (χ1) is 14.7. The smallest absolute Gasteiger partial charge is 0.165 e. The van der Waals surface area contributed by atoms with Crippen molar-refractivity contribution in [3.8, 4) is 28.3 Å². The van der Waals surface area contributed by atoms with E-state index in [0.29, 0.717) is 17.3 Å². The Kier molecular flexibility index (Phi) is 4.42. The van der Waals surface area contributed by atoms with Crippen LogP contribution in [0.2, 0.25) is 0 Å². The monoisotopic (exact) mass is 394 g/mol. The molecule has 7 nitrogen and oxygen atoms in total. The van der Waals surface area contributed by atoms with Crippen LogP contribution in [0.3, 0.4) is 0 Å². The molecule has 4 heterocycles. The summed E-state index contributed by atoms with van der Waals surface area (Å²) in [7, 11) is 0. The van der Waals surface area contributed by atoms with Gasteiger partial charge in [0.15, 0.2) is 11.5 Å². The molecule has 3 N–H and O–H groups in total. The van der Waals surface area contributed by atoms with Gasteiger partial charge >= 0.3 is 0 Å². The van der Waals surface area contributed by atoms with Gasteiger partial charge in [-0.05, 0) is 54.1 Å². The first-order valence-electron chi connectivity index (χ1n) is 9.45.